The molecule has 2 aliphatic heterocycles. The summed E-state index contributed by atoms with van der Waals surface area (Å²) in [5.41, 5.74) is 7.92. The SMILES string of the molecule is C=C(N)C1=C(C)[N+](=C2CCC(CC)O2)C=N1. The third kappa shape index (κ3) is 1.75. The number of aliphatic imine (C=N–C) groups is 1. The normalized spacial score (nSPS) is 28.8. The molecule has 1 saturated heterocycles. The standard InChI is InChI=1S/C12H18N3O/c1-4-10-5-6-11(16-10)15-7-14-12(8(2)13)9(15)3/h7,10H,2,4-6,13H2,1,3H3/q+1. The Kier molecular flexibility index (Phi) is 2.81. The highest BCUT2D eigenvalue weighted by atomic mass is 16.5. The van der Waals surface area contributed by atoms with E-state index in [4.69, 9.17) is 10.5 Å². The highest BCUT2D eigenvalue weighted by Gasteiger charge is 2.30. The van der Waals surface area contributed by atoms with Crippen LogP contribution >= 0.6 is 0 Å². The molecular formula is C12H18N3O+. The van der Waals surface area contributed by atoms with Crippen LogP contribution in [-0.4, -0.2) is 22.9 Å². The quantitative estimate of drug-likeness (QED) is 0.720. The molecule has 0 radical (unpaired) electrons. The van der Waals surface area contributed by atoms with Gasteiger partial charge in [0.15, 0.2) is 5.70 Å². The van der Waals surface area contributed by atoms with Gasteiger partial charge in [-0.1, -0.05) is 13.5 Å². The minimum atomic E-state index is 0.348. The zero-order chi connectivity index (χ0) is 11.7. The fraction of sp³-hybridized carbons (Fsp3) is 0.500. The van der Waals surface area contributed by atoms with Gasteiger partial charge in [0.25, 0.3) is 12.2 Å². The maximum Gasteiger partial charge on any atom is 0.294 e. The lowest BCUT2D eigenvalue weighted by atomic mass is 10.2. The highest BCUT2D eigenvalue weighted by Crippen LogP contribution is 2.22. The Morgan fingerprint density at radius 3 is 3.00 bits per heavy atom. The summed E-state index contributed by atoms with van der Waals surface area (Å²) < 4.78 is 7.81. The molecule has 0 aromatic rings. The van der Waals surface area contributed by atoms with Crippen molar-refractivity contribution in [2.24, 2.45) is 10.7 Å². The second kappa shape index (κ2) is 4.12. The molecule has 0 spiro atoms. The molecule has 0 aromatic carbocycles. The van der Waals surface area contributed by atoms with Crippen LogP contribution in [0, 0.1) is 0 Å². The van der Waals surface area contributed by atoms with E-state index >= 15 is 0 Å². The predicted octanol–water partition coefficient (Wildman–Crippen LogP) is 1.73. The number of nitrogens with zero attached hydrogens (tertiary/aromatic N) is 2. The van der Waals surface area contributed by atoms with Crippen molar-refractivity contribution < 1.29 is 9.31 Å². The molecule has 2 heterocycles. The minimum absolute atomic E-state index is 0.348. The molecule has 16 heavy (non-hydrogen) atoms. The van der Waals surface area contributed by atoms with E-state index in [1.54, 1.807) is 6.34 Å². The van der Waals surface area contributed by atoms with Crippen molar-refractivity contribution in [2.75, 3.05) is 0 Å². The number of nitrogens with two attached hydrogens (primary N) is 1. The van der Waals surface area contributed by atoms with Crippen molar-refractivity contribution in [3.63, 3.8) is 0 Å². The monoisotopic (exact) mass is 220 g/mol. The third-order valence-corrected chi connectivity index (χ3v) is 3.02. The summed E-state index contributed by atoms with van der Waals surface area (Å²) in [4.78, 5) is 4.25. The Morgan fingerprint density at radius 1 is 1.75 bits per heavy atom. The first-order chi connectivity index (χ1) is 7.63. The molecule has 4 nitrogen and oxygen atoms in total. The lowest BCUT2D eigenvalue weighted by Gasteiger charge is -2.06. The molecule has 1 fully saturated rings. The second-order valence-corrected chi connectivity index (χ2v) is 4.15. The predicted molar refractivity (Wildman–Crippen MR) is 64.2 cm³/mol. The molecule has 2 N–H and O–H groups in total. The van der Waals surface area contributed by atoms with E-state index in [1.165, 1.54) is 0 Å². The van der Waals surface area contributed by atoms with Gasteiger partial charge in [-0.3, -0.25) is 0 Å². The Bertz CT molecular complexity index is 418. The van der Waals surface area contributed by atoms with Gasteiger partial charge >= 0.3 is 0 Å². The van der Waals surface area contributed by atoms with E-state index < -0.39 is 0 Å². The maximum absolute atomic E-state index is 5.84. The summed E-state index contributed by atoms with van der Waals surface area (Å²) in [6, 6.07) is 0. The molecule has 0 bridgehead atoms. The average molecular weight is 220 g/mol. The van der Waals surface area contributed by atoms with Crippen LogP contribution in [0.3, 0.4) is 0 Å². The van der Waals surface area contributed by atoms with Crippen molar-refractivity contribution in [1.29, 1.82) is 0 Å². The first-order valence-corrected chi connectivity index (χ1v) is 5.65. The Balaban J connectivity index is 2.28. The molecular weight excluding hydrogens is 202 g/mol. The third-order valence-electron chi connectivity index (χ3n) is 3.02. The van der Waals surface area contributed by atoms with E-state index in [-0.39, 0.29) is 0 Å². The van der Waals surface area contributed by atoms with Crippen molar-refractivity contribution in [2.45, 2.75) is 39.2 Å². The van der Waals surface area contributed by atoms with E-state index in [0.717, 1.165) is 36.6 Å². The molecule has 4 heteroatoms. The summed E-state index contributed by atoms with van der Waals surface area (Å²) in [7, 11) is 0. The van der Waals surface area contributed by atoms with Crippen LogP contribution in [-0.2, 0) is 4.74 Å². The Labute approximate surface area is 95.8 Å². The fourth-order valence-electron chi connectivity index (χ4n) is 2.04. The van der Waals surface area contributed by atoms with E-state index in [1.807, 2.05) is 11.5 Å². The molecule has 0 aromatic heterocycles. The second-order valence-electron chi connectivity index (χ2n) is 4.15. The molecule has 0 saturated carbocycles. The Hall–Kier alpha value is -1.58. The Morgan fingerprint density at radius 2 is 2.50 bits per heavy atom. The van der Waals surface area contributed by atoms with E-state index in [0.29, 0.717) is 11.8 Å². The van der Waals surface area contributed by atoms with Gasteiger partial charge in [-0.25, -0.2) is 0 Å². The molecule has 1 unspecified atom stereocenters. The van der Waals surface area contributed by atoms with Crippen LogP contribution in [0.2, 0.25) is 0 Å². The van der Waals surface area contributed by atoms with Crippen molar-refractivity contribution in [3.05, 3.63) is 23.7 Å². The van der Waals surface area contributed by atoms with Gasteiger partial charge in [0.1, 0.15) is 6.10 Å². The number of rotatable bonds is 2. The van der Waals surface area contributed by atoms with Crippen molar-refractivity contribution in [3.8, 4) is 0 Å². The molecule has 86 valence electrons. The zero-order valence-corrected chi connectivity index (χ0v) is 9.86. The van der Waals surface area contributed by atoms with Crippen molar-refractivity contribution >= 4 is 12.2 Å². The summed E-state index contributed by atoms with van der Waals surface area (Å²) in [5.74, 6) is 0.976. The largest absolute Gasteiger partial charge is 0.462 e. The highest BCUT2D eigenvalue weighted by molar-refractivity contribution is 5.78. The van der Waals surface area contributed by atoms with Gasteiger partial charge in [0.2, 0.25) is 5.70 Å². The maximum atomic E-state index is 5.84. The first kappa shape index (κ1) is 10.9. The number of hydrogen-bond acceptors (Lipinski definition) is 3. The number of allylic oxidation sites excluding steroid dienone is 1. The molecule has 2 aliphatic rings. The number of ether oxygens (including phenoxy) is 1. The minimum Gasteiger partial charge on any atom is -0.462 e. The van der Waals surface area contributed by atoms with Gasteiger partial charge in [-0.05, 0) is 17.8 Å². The molecule has 2 rings (SSSR count). The van der Waals surface area contributed by atoms with E-state index in [9.17, 15) is 0 Å². The van der Waals surface area contributed by atoms with Gasteiger partial charge in [0.05, 0.1) is 5.70 Å². The van der Waals surface area contributed by atoms with Crippen LogP contribution in [0.4, 0.5) is 0 Å². The van der Waals surface area contributed by atoms with Gasteiger partial charge in [0, 0.05) is 13.3 Å². The fourth-order valence-corrected chi connectivity index (χ4v) is 2.04. The molecule has 0 aliphatic carbocycles. The van der Waals surface area contributed by atoms with Crippen LogP contribution < -0.4 is 5.73 Å². The zero-order valence-electron chi connectivity index (χ0n) is 9.86. The molecule has 0 amide bonds. The topological polar surface area (TPSA) is 50.6 Å². The average Bonchev–Trinajstić information content (AvgIpc) is 2.83. The summed E-state index contributed by atoms with van der Waals surface area (Å²) in [6.07, 6.45) is 5.21. The van der Waals surface area contributed by atoms with Crippen LogP contribution in [0.1, 0.15) is 33.1 Å². The summed E-state index contributed by atoms with van der Waals surface area (Å²) >= 11 is 0. The summed E-state index contributed by atoms with van der Waals surface area (Å²) in [5, 5.41) is 0. The van der Waals surface area contributed by atoms with Crippen LogP contribution in [0.15, 0.2) is 28.7 Å². The first-order valence-electron chi connectivity index (χ1n) is 5.65. The lowest BCUT2D eigenvalue weighted by molar-refractivity contribution is -0.348. The lowest BCUT2D eigenvalue weighted by Crippen LogP contribution is -2.17. The number of hydrogen-bond donors (Lipinski definition) is 1. The van der Waals surface area contributed by atoms with Crippen LogP contribution in [0.25, 0.3) is 0 Å². The van der Waals surface area contributed by atoms with Crippen molar-refractivity contribution in [1.82, 2.24) is 0 Å². The van der Waals surface area contributed by atoms with Crippen LogP contribution in [0.5, 0.6) is 0 Å². The smallest absolute Gasteiger partial charge is 0.294 e. The molecule has 1 atom stereocenters. The summed E-state index contributed by atoms with van der Waals surface area (Å²) in [6.45, 7) is 7.83. The van der Waals surface area contributed by atoms with Gasteiger partial charge in [-0.2, -0.15) is 4.58 Å². The van der Waals surface area contributed by atoms with Gasteiger partial charge in [-0.15, -0.1) is 0 Å². The van der Waals surface area contributed by atoms with E-state index in [2.05, 4.69) is 18.5 Å². The van der Waals surface area contributed by atoms with Gasteiger partial charge < -0.3 is 10.5 Å².